The van der Waals surface area contributed by atoms with Gasteiger partial charge in [0.1, 0.15) is 11.8 Å². The number of hydrogen-bond acceptors (Lipinski definition) is 10. The number of rotatable bonds is 14. The minimum Gasteiger partial charge on any atom is -0.481 e. The first kappa shape index (κ1) is 45.6. The van der Waals surface area contributed by atoms with Crippen LogP contribution in [0.2, 0.25) is 0 Å². The monoisotopic (exact) mass is 818 g/mol. The highest BCUT2D eigenvalue weighted by molar-refractivity contribution is 5.84. The minimum absolute atomic E-state index is 0.00481. The number of carboxylic acids is 1. The van der Waals surface area contributed by atoms with Crippen molar-refractivity contribution in [2.24, 2.45) is 47.3 Å². The molecule has 5 heterocycles. The van der Waals surface area contributed by atoms with E-state index in [9.17, 15) is 29.7 Å². The number of aliphatic carboxylic acids is 1. The molecule has 4 saturated heterocycles. The van der Waals surface area contributed by atoms with Crippen molar-refractivity contribution in [1.82, 2.24) is 5.32 Å². The second-order valence-electron chi connectivity index (χ2n) is 19.7. The molecule has 6 aliphatic rings. The second-order valence-corrected chi connectivity index (χ2v) is 19.7. The van der Waals surface area contributed by atoms with Crippen LogP contribution in [0.4, 0.5) is 0 Å². The number of Topliss-reactive ketones (excluding diaryl/α,β-unsaturated/α-hetero) is 1. The molecule has 5 aliphatic heterocycles. The van der Waals surface area contributed by atoms with E-state index in [1.807, 2.05) is 53.7 Å². The van der Waals surface area contributed by atoms with Crippen LogP contribution >= 0.6 is 0 Å². The van der Waals surface area contributed by atoms with Crippen molar-refractivity contribution in [3.63, 3.8) is 0 Å². The van der Waals surface area contributed by atoms with Crippen LogP contribution in [-0.4, -0.2) is 98.4 Å². The van der Waals surface area contributed by atoms with Crippen molar-refractivity contribution in [3.8, 4) is 0 Å². The van der Waals surface area contributed by atoms with Gasteiger partial charge >= 0.3 is 5.97 Å². The van der Waals surface area contributed by atoms with Gasteiger partial charge in [-0.3, -0.25) is 14.4 Å². The highest BCUT2D eigenvalue weighted by Gasteiger charge is 2.63. The molecular formula is C46H75NO11. The van der Waals surface area contributed by atoms with Gasteiger partial charge in [-0.1, -0.05) is 61.5 Å². The van der Waals surface area contributed by atoms with Crippen molar-refractivity contribution in [1.29, 1.82) is 0 Å². The van der Waals surface area contributed by atoms with Crippen LogP contribution in [-0.2, 0) is 38.1 Å². The number of carbonyl (C=O) groups excluding carboxylic acids is 2. The molecule has 0 aromatic rings. The maximum absolute atomic E-state index is 14.6. The van der Waals surface area contributed by atoms with Crippen molar-refractivity contribution in [3.05, 3.63) is 12.2 Å². The number of amides is 1. The largest absolute Gasteiger partial charge is 0.481 e. The van der Waals surface area contributed by atoms with Gasteiger partial charge in [-0.25, -0.2) is 0 Å². The summed E-state index contributed by atoms with van der Waals surface area (Å²) in [4.78, 5) is 39.9. The quantitative estimate of drug-likeness (QED) is 0.137. The number of aliphatic hydroxyl groups excluding tert-OH is 1. The van der Waals surface area contributed by atoms with E-state index in [1.54, 1.807) is 6.92 Å². The number of aliphatic hydroxyl groups is 2. The third-order valence-electron chi connectivity index (χ3n) is 15.7. The maximum Gasteiger partial charge on any atom is 0.309 e. The molecule has 6 rings (SSSR count). The molecule has 5 fully saturated rings. The van der Waals surface area contributed by atoms with E-state index >= 15 is 0 Å². The van der Waals surface area contributed by atoms with Gasteiger partial charge in [-0.2, -0.15) is 0 Å². The van der Waals surface area contributed by atoms with Crippen molar-refractivity contribution in [2.75, 3.05) is 0 Å². The predicted molar refractivity (Wildman–Crippen MR) is 217 cm³/mol. The van der Waals surface area contributed by atoms with Crippen LogP contribution in [0.3, 0.4) is 0 Å². The molecule has 330 valence electrons. The van der Waals surface area contributed by atoms with Crippen LogP contribution < -0.4 is 5.32 Å². The SMILES string of the molecule is CCC(C(=O)[C@@H](C)[C@@H](O)[C@H](C)[C@@H]1O[C@@H]([C@@H](CC)C(=O)O)CC[C@@H]1C)[C@H]1O[C@]2(C=C[C@@H](NC(=O)C3CC3)[C@]3(CC[C@@](C)([C@H]4CC[C@](O)(CC)[C@H](C)O4)O3)O2)[C@H](C)C[C@@H]1C. The Balaban J connectivity index is 1.22. The number of ether oxygens (including phenoxy) is 5. The molecule has 4 N–H and O–H groups in total. The van der Waals surface area contributed by atoms with Gasteiger partial charge in [0.2, 0.25) is 5.91 Å². The van der Waals surface area contributed by atoms with E-state index in [1.165, 1.54) is 0 Å². The Morgan fingerprint density at radius 2 is 1.55 bits per heavy atom. The summed E-state index contributed by atoms with van der Waals surface area (Å²) in [6.07, 6.45) is 8.70. The molecule has 2 spiro atoms. The summed E-state index contributed by atoms with van der Waals surface area (Å²) in [5, 5.41) is 36.1. The maximum atomic E-state index is 14.6. The lowest BCUT2D eigenvalue weighted by atomic mass is 9.72. The fourth-order valence-electron chi connectivity index (χ4n) is 11.3. The molecule has 0 aromatic heterocycles. The second kappa shape index (κ2) is 17.4. The van der Waals surface area contributed by atoms with E-state index < -0.39 is 76.8 Å². The van der Waals surface area contributed by atoms with Gasteiger partial charge in [-0.15, -0.1) is 0 Å². The molecule has 1 amide bonds. The lowest BCUT2D eigenvalue weighted by Crippen LogP contribution is -2.66. The zero-order valence-electron chi connectivity index (χ0n) is 36.9. The highest BCUT2D eigenvalue weighted by atomic mass is 16.8. The number of hydrogen-bond donors (Lipinski definition) is 4. The molecule has 12 nitrogen and oxygen atoms in total. The molecule has 0 aromatic carbocycles. The topological polar surface area (TPSA) is 170 Å². The van der Waals surface area contributed by atoms with Crippen LogP contribution in [0.5, 0.6) is 0 Å². The van der Waals surface area contributed by atoms with Crippen LogP contribution in [0.25, 0.3) is 0 Å². The van der Waals surface area contributed by atoms with Gasteiger partial charge in [0, 0.05) is 36.0 Å². The smallest absolute Gasteiger partial charge is 0.309 e. The van der Waals surface area contributed by atoms with E-state index in [2.05, 4.69) is 26.1 Å². The average molecular weight is 818 g/mol. The van der Waals surface area contributed by atoms with E-state index in [0.29, 0.717) is 57.8 Å². The third-order valence-corrected chi connectivity index (χ3v) is 15.7. The van der Waals surface area contributed by atoms with Gasteiger partial charge in [0.05, 0.1) is 53.7 Å². The van der Waals surface area contributed by atoms with Crippen LogP contribution in [0, 0.1) is 47.3 Å². The van der Waals surface area contributed by atoms with Crippen LogP contribution in [0.15, 0.2) is 12.2 Å². The standard InChI is InChI=1S/C46H75NO11/c1-11-32(42(51)52)34-17-14-25(4)39(55-34)29(8)37(48)28(7)38(49)33(12-2)40-26(5)24-27(6)45(56-40)21-18-35(47-41(50)31-15-16-31)46(58-45)23-22-43(10,57-46)36-19-20-44(53,13-3)30(9)54-36/h18,21,25-37,39-40,48,53H,11-17,19-20,22-24H2,1-10H3,(H,47,50)(H,51,52)/t25-,26-,27+,28-,29-,30-,32+,33?,34+,35+,36+,37+,39+,40-,43-,44+,45-,46-/m0/s1. The Labute approximate surface area is 346 Å². The summed E-state index contributed by atoms with van der Waals surface area (Å²) < 4.78 is 34.5. The third kappa shape index (κ3) is 8.60. The molecule has 1 aliphatic carbocycles. The first-order chi connectivity index (χ1) is 27.3. The van der Waals surface area contributed by atoms with Gasteiger partial charge < -0.3 is 44.3 Å². The van der Waals surface area contributed by atoms with E-state index in [-0.39, 0.29) is 53.7 Å². The number of carboxylic acid groups (broad SMARTS) is 1. The minimum atomic E-state index is -1.25. The Bertz CT molecular complexity index is 1520. The summed E-state index contributed by atoms with van der Waals surface area (Å²) in [5.41, 5.74) is -1.64. The number of nitrogens with one attached hydrogen (secondary N) is 1. The molecule has 1 unspecified atom stereocenters. The summed E-state index contributed by atoms with van der Waals surface area (Å²) in [6, 6.07) is -0.567. The van der Waals surface area contributed by atoms with E-state index in [0.717, 1.165) is 19.3 Å². The van der Waals surface area contributed by atoms with Crippen molar-refractivity contribution in [2.45, 2.75) is 212 Å². The summed E-state index contributed by atoms with van der Waals surface area (Å²) in [6.45, 7) is 19.8. The first-order valence-corrected chi connectivity index (χ1v) is 22.8. The zero-order valence-corrected chi connectivity index (χ0v) is 36.9. The zero-order chi connectivity index (χ0) is 42.5. The number of ketones is 1. The van der Waals surface area contributed by atoms with Gasteiger partial charge in [0.25, 0.3) is 0 Å². The Kier molecular flexibility index (Phi) is 13.7. The number of carbonyl (C=O) groups is 3. The van der Waals surface area contributed by atoms with Gasteiger partial charge in [0.15, 0.2) is 11.6 Å². The Morgan fingerprint density at radius 1 is 0.862 bits per heavy atom. The fourth-order valence-corrected chi connectivity index (χ4v) is 11.3. The predicted octanol–water partition coefficient (Wildman–Crippen LogP) is 6.72. The van der Waals surface area contributed by atoms with Crippen molar-refractivity contribution >= 4 is 17.7 Å². The highest BCUT2D eigenvalue weighted by Crippen LogP contribution is 2.54. The molecule has 0 bridgehead atoms. The molecule has 0 radical (unpaired) electrons. The molecular weight excluding hydrogens is 743 g/mol. The lowest BCUT2D eigenvalue weighted by molar-refractivity contribution is -0.398. The van der Waals surface area contributed by atoms with Crippen molar-refractivity contribution < 1.29 is 53.4 Å². The Hall–Kier alpha value is -1.93. The van der Waals surface area contributed by atoms with Crippen LogP contribution in [0.1, 0.15) is 146 Å². The average Bonchev–Trinajstić information content (AvgIpc) is 3.99. The molecule has 18 atom stereocenters. The normalized spacial score (nSPS) is 44.4. The Morgan fingerprint density at radius 3 is 2.16 bits per heavy atom. The summed E-state index contributed by atoms with van der Waals surface area (Å²) in [5.74, 6) is -5.74. The molecule has 58 heavy (non-hydrogen) atoms. The van der Waals surface area contributed by atoms with Gasteiger partial charge in [-0.05, 0) is 102 Å². The molecule has 12 heteroatoms. The van der Waals surface area contributed by atoms with E-state index in [4.69, 9.17) is 23.7 Å². The summed E-state index contributed by atoms with van der Waals surface area (Å²) >= 11 is 0. The fraction of sp³-hybridized carbons (Fsp3) is 0.891. The lowest BCUT2D eigenvalue weighted by Gasteiger charge is -2.55. The molecule has 1 saturated carbocycles. The summed E-state index contributed by atoms with van der Waals surface area (Å²) in [7, 11) is 0. The first-order valence-electron chi connectivity index (χ1n) is 22.8.